The molecule has 0 spiro atoms. The van der Waals surface area contributed by atoms with Gasteiger partial charge in [-0.1, -0.05) is 0 Å². The predicted molar refractivity (Wildman–Crippen MR) is 82.8 cm³/mol. The van der Waals surface area contributed by atoms with Gasteiger partial charge in [-0.05, 0) is 53.0 Å². The van der Waals surface area contributed by atoms with Gasteiger partial charge in [0.05, 0.1) is 11.8 Å². The van der Waals surface area contributed by atoms with E-state index in [1.807, 2.05) is 27.7 Å². The minimum atomic E-state index is -0.534. The normalized spacial score (nSPS) is 22.5. The predicted octanol–water partition coefficient (Wildman–Crippen LogP) is 4.03. The summed E-state index contributed by atoms with van der Waals surface area (Å²) in [6.45, 7) is 7.57. The average Bonchev–Trinajstić information content (AvgIpc) is 2.90. The highest BCUT2D eigenvalue weighted by molar-refractivity contribution is 5.96. The number of carbonyl (C=O) groups is 2. The van der Waals surface area contributed by atoms with Crippen molar-refractivity contribution in [2.45, 2.75) is 71.1 Å². The number of Topliss-reactive ketones (excluding diaryl/α,β-unsaturated/α-hetero) is 1. The molecule has 2 rings (SSSR count). The smallest absolute Gasteiger partial charge is 0.410 e. The lowest BCUT2D eigenvalue weighted by Gasteiger charge is -2.41. The molecule has 0 N–H and O–H groups in total. The van der Waals surface area contributed by atoms with Crippen LogP contribution in [0.15, 0.2) is 23.0 Å². The summed E-state index contributed by atoms with van der Waals surface area (Å²) in [4.78, 5) is 26.5. The van der Waals surface area contributed by atoms with Gasteiger partial charge in [0.1, 0.15) is 11.9 Å². The summed E-state index contributed by atoms with van der Waals surface area (Å²) in [6.07, 6.45) is 5.70. The molecular weight excluding hydrogens is 282 g/mol. The number of rotatable bonds is 3. The molecule has 2 atom stereocenters. The quantitative estimate of drug-likeness (QED) is 0.791. The van der Waals surface area contributed by atoms with E-state index in [0.29, 0.717) is 12.0 Å². The van der Waals surface area contributed by atoms with Crippen LogP contribution in [-0.4, -0.2) is 34.5 Å². The Balaban J connectivity index is 2.09. The van der Waals surface area contributed by atoms with Gasteiger partial charge >= 0.3 is 6.09 Å². The highest BCUT2D eigenvalue weighted by atomic mass is 16.6. The first kappa shape index (κ1) is 16.6. The van der Waals surface area contributed by atoms with Gasteiger partial charge in [0, 0.05) is 18.5 Å². The van der Waals surface area contributed by atoms with Gasteiger partial charge in [-0.3, -0.25) is 4.79 Å². The third-order valence-electron chi connectivity index (χ3n) is 3.90. The molecule has 0 saturated carbocycles. The standard InChI is InChI=1S/C17H25NO4/c1-12-6-5-7-14(10-15(19)13-8-9-21-11-13)18(12)16(20)22-17(2,3)4/h8-9,11-12,14H,5-7,10H2,1-4H3. The molecule has 1 aliphatic rings. The van der Waals surface area contributed by atoms with Gasteiger partial charge in [-0.15, -0.1) is 0 Å². The van der Waals surface area contributed by atoms with E-state index >= 15 is 0 Å². The van der Waals surface area contributed by atoms with Crippen molar-refractivity contribution in [3.8, 4) is 0 Å². The monoisotopic (exact) mass is 307 g/mol. The summed E-state index contributed by atoms with van der Waals surface area (Å²) in [5, 5.41) is 0. The van der Waals surface area contributed by atoms with E-state index < -0.39 is 5.60 Å². The number of likely N-dealkylation sites (tertiary alicyclic amines) is 1. The van der Waals surface area contributed by atoms with Gasteiger partial charge < -0.3 is 14.1 Å². The van der Waals surface area contributed by atoms with Crippen molar-refractivity contribution in [1.29, 1.82) is 0 Å². The fraction of sp³-hybridized carbons (Fsp3) is 0.647. The summed E-state index contributed by atoms with van der Waals surface area (Å²) in [5.74, 6) is 0.00130. The summed E-state index contributed by atoms with van der Waals surface area (Å²) >= 11 is 0. The van der Waals surface area contributed by atoms with Crippen molar-refractivity contribution >= 4 is 11.9 Å². The molecule has 1 amide bonds. The highest BCUT2D eigenvalue weighted by Gasteiger charge is 2.35. The van der Waals surface area contributed by atoms with E-state index in [2.05, 4.69) is 0 Å². The SMILES string of the molecule is CC1CCCC(CC(=O)c2ccoc2)N1C(=O)OC(C)(C)C. The number of hydrogen-bond donors (Lipinski definition) is 0. The maximum absolute atomic E-state index is 12.5. The largest absolute Gasteiger partial charge is 0.472 e. The van der Waals surface area contributed by atoms with Crippen molar-refractivity contribution in [2.75, 3.05) is 0 Å². The number of ether oxygens (including phenoxy) is 1. The minimum absolute atomic E-state index is 0.00130. The van der Waals surface area contributed by atoms with Gasteiger partial charge in [0.25, 0.3) is 0 Å². The Kier molecular flexibility index (Phi) is 4.94. The highest BCUT2D eigenvalue weighted by Crippen LogP contribution is 2.28. The number of amides is 1. The zero-order chi connectivity index (χ0) is 16.3. The van der Waals surface area contributed by atoms with E-state index in [0.717, 1.165) is 19.3 Å². The van der Waals surface area contributed by atoms with Crippen molar-refractivity contribution in [3.05, 3.63) is 24.2 Å². The van der Waals surface area contributed by atoms with E-state index in [1.54, 1.807) is 11.0 Å². The lowest BCUT2D eigenvalue weighted by Crippen LogP contribution is -2.51. The molecule has 0 radical (unpaired) electrons. The summed E-state index contributed by atoms with van der Waals surface area (Å²) in [6, 6.07) is 1.64. The number of furan rings is 1. The molecule has 1 fully saturated rings. The van der Waals surface area contributed by atoms with Crippen LogP contribution in [0.3, 0.4) is 0 Å². The maximum Gasteiger partial charge on any atom is 0.410 e. The van der Waals surface area contributed by atoms with E-state index in [4.69, 9.17) is 9.15 Å². The molecule has 5 nitrogen and oxygen atoms in total. The molecule has 1 aromatic heterocycles. The Labute approximate surface area is 131 Å². The van der Waals surface area contributed by atoms with Gasteiger partial charge in [-0.2, -0.15) is 0 Å². The molecule has 0 aliphatic carbocycles. The van der Waals surface area contributed by atoms with Crippen LogP contribution in [0.4, 0.5) is 4.79 Å². The molecular formula is C17H25NO4. The Morgan fingerprint density at radius 1 is 1.36 bits per heavy atom. The first-order valence-electron chi connectivity index (χ1n) is 7.84. The zero-order valence-corrected chi connectivity index (χ0v) is 13.8. The lowest BCUT2D eigenvalue weighted by atomic mass is 9.92. The van der Waals surface area contributed by atoms with Crippen LogP contribution in [0.1, 0.15) is 63.7 Å². The number of ketones is 1. The maximum atomic E-state index is 12.5. The molecule has 1 saturated heterocycles. The van der Waals surface area contributed by atoms with Crippen molar-refractivity contribution in [2.24, 2.45) is 0 Å². The van der Waals surface area contributed by atoms with Crippen LogP contribution in [0.25, 0.3) is 0 Å². The zero-order valence-electron chi connectivity index (χ0n) is 13.8. The number of nitrogens with zero attached hydrogens (tertiary/aromatic N) is 1. The van der Waals surface area contributed by atoms with Gasteiger partial charge in [-0.25, -0.2) is 4.79 Å². The van der Waals surface area contributed by atoms with Crippen LogP contribution < -0.4 is 0 Å². The number of carbonyl (C=O) groups excluding carboxylic acids is 2. The molecule has 1 aliphatic heterocycles. The average molecular weight is 307 g/mol. The molecule has 5 heteroatoms. The third kappa shape index (κ3) is 4.12. The Morgan fingerprint density at radius 3 is 2.68 bits per heavy atom. The molecule has 0 bridgehead atoms. The van der Waals surface area contributed by atoms with Gasteiger partial charge in [0.2, 0.25) is 0 Å². The van der Waals surface area contributed by atoms with Crippen molar-refractivity contribution in [3.63, 3.8) is 0 Å². The first-order valence-corrected chi connectivity index (χ1v) is 7.84. The fourth-order valence-electron chi connectivity index (χ4n) is 2.89. The van der Waals surface area contributed by atoms with Crippen LogP contribution in [0, 0.1) is 0 Å². The van der Waals surface area contributed by atoms with E-state index in [-0.39, 0.29) is 24.0 Å². The van der Waals surface area contributed by atoms with Crippen molar-refractivity contribution < 1.29 is 18.7 Å². The molecule has 2 unspecified atom stereocenters. The number of hydrogen-bond acceptors (Lipinski definition) is 4. The summed E-state index contributed by atoms with van der Waals surface area (Å²) in [5.41, 5.74) is 0.0234. The summed E-state index contributed by atoms with van der Waals surface area (Å²) in [7, 11) is 0. The molecule has 0 aromatic carbocycles. The Bertz CT molecular complexity index is 515. The topological polar surface area (TPSA) is 59.8 Å². The van der Waals surface area contributed by atoms with Crippen LogP contribution in [0.2, 0.25) is 0 Å². The molecule has 22 heavy (non-hydrogen) atoms. The van der Waals surface area contributed by atoms with E-state index in [9.17, 15) is 9.59 Å². The van der Waals surface area contributed by atoms with Crippen LogP contribution in [-0.2, 0) is 4.74 Å². The molecule has 2 heterocycles. The second kappa shape index (κ2) is 6.55. The van der Waals surface area contributed by atoms with E-state index in [1.165, 1.54) is 12.5 Å². The van der Waals surface area contributed by atoms with Crippen LogP contribution >= 0.6 is 0 Å². The first-order chi connectivity index (χ1) is 10.3. The Hall–Kier alpha value is -1.78. The molecule has 1 aromatic rings. The lowest BCUT2D eigenvalue weighted by molar-refractivity contribution is -0.00305. The van der Waals surface area contributed by atoms with Crippen molar-refractivity contribution in [1.82, 2.24) is 4.90 Å². The number of piperidine rings is 1. The van der Waals surface area contributed by atoms with Crippen LogP contribution in [0.5, 0.6) is 0 Å². The summed E-state index contributed by atoms with van der Waals surface area (Å²) < 4.78 is 10.5. The Morgan fingerprint density at radius 2 is 2.09 bits per heavy atom. The second-order valence-electron chi connectivity index (χ2n) is 6.96. The second-order valence-corrected chi connectivity index (χ2v) is 6.96. The fourth-order valence-corrected chi connectivity index (χ4v) is 2.89. The third-order valence-corrected chi connectivity index (χ3v) is 3.90. The van der Waals surface area contributed by atoms with Gasteiger partial charge in [0.15, 0.2) is 5.78 Å². The molecule has 122 valence electrons. The minimum Gasteiger partial charge on any atom is -0.472 e.